The highest BCUT2D eigenvalue weighted by atomic mass is 79.9. The molecule has 1 aromatic rings. The summed E-state index contributed by atoms with van der Waals surface area (Å²) in [5, 5.41) is 2.64. The van der Waals surface area contributed by atoms with E-state index in [1.54, 1.807) is 0 Å². The molecule has 0 atom stereocenters. The molecular weight excluding hydrogens is 266 g/mol. The second kappa shape index (κ2) is 6.34. The van der Waals surface area contributed by atoms with Crippen LogP contribution in [0.1, 0.15) is 25.0 Å². The van der Waals surface area contributed by atoms with Crippen LogP contribution in [-0.2, 0) is 11.2 Å². The largest absolute Gasteiger partial charge is 0.345 e. The maximum Gasteiger partial charge on any atom is 0.217 e. The van der Waals surface area contributed by atoms with E-state index in [-0.39, 0.29) is 5.91 Å². The van der Waals surface area contributed by atoms with Crippen LogP contribution in [0.2, 0.25) is 0 Å². The van der Waals surface area contributed by atoms with E-state index in [0.29, 0.717) is 6.54 Å². The van der Waals surface area contributed by atoms with Gasteiger partial charge < -0.3 is 5.32 Å². The first-order chi connectivity index (χ1) is 7.63. The van der Waals surface area contributed by atoms with Gasteiger partial charge in [-0.25, -0.2) is 0 Å². The Labute approximate surface area is 105 Å². The first-order valence-electron chi connectivity index (χ1n) is 5.15. The van der Waals surface area contributed by atoms with Gasteiger partial charge in [-0.15, -0.1) is 0 Å². The molecule has 0 bridgehead atoms. The van der Waals surface area contributed by atoms with E-state index in [2.05, 4.69) is 46.1 Å². The highest BCUT2D eigenvalue weighted by molar-refractivity contribution is 9.10. The average molecular weight is 280 g/mol. The highest BCUT2D eigenvalue weighted by Crippen LogP contribution is 2.16. The van der Waals surface area contributed by atoms with Gasteiger partial charge in [-0.2, -0.15) is 0 Å². The number of aryl methyl sites for hydroxylation is 1. The van der Waals surface area contributed by atoms with Crippen molar-refractivity contribution in [2.24, 2.45) is 0 Å². The molecule has 16 heavy (non-hydrogen) atoms. The summed E-state index contributed by atoms with van der Waals surface area (Å²) < 4.78 is 1.07. The molecular formula is C13H14BrNO. The summed E-state index contributed by atoms with van der Waals surface area (Å²) in [4.78, 5) is 10.6. The molecule has 0 aliphatic heterocycles. The molecule has 3 heteroatoms. The Morgan fingerprint density at radius 2 is 2.25 bits per heavy atom. The van der Waals surface area contributed by atoms with Crippen molar-refractivity contribution in [1.82, 2.24) is 5.32 Å². The summed E-state index contributed by atoms with van der Waals surface area (Å²) in [7, 11) is 0. The van der Waals surface area contributed by atoms with Crippen LogP contribution in [0.5, 0.6) is 0 Å². The van der Waals surface area contributed by atoms with E-state index in [4.69, 9.17) is 0 Å². The first kappa shape index (κ1) is 12.8. The SMILES string of the molecule is CCc1cc(Br)ccc1C#CCNC(C)=O. The van der Waals surface area contributed by atoms with Crippen LogP contribution in [0, 0.1) is 11.8 Å². The zero-order valence-electron chi connectivity index (χ0n) is 9.43. The Kier molecular flexibility index (Phi) is 5.07. The number of carbonyl (C=O) groups is 1. The minimum absolute atomic E-state index is 0.0548. The number of rotatable bonds is 2. The van der Waals surface area contributed by atoms with E-state index in [1.807, 2.05) is 12.1 Å². The maximum atomic E-state index is 10.6. The van der Waals surface area contributed by atoms with Gasteiger partial charge in [-0.3, -0.25) is 4.79 Å². The standard InChI is InChI=1S/C13H14BrNO/c1-3-11-9-13(14)7-6-12(11)5-4-8-15-10(2)16/h6-7,9H,3,8H2,1-2H3,(H,15,16). The van der Waals surface area contributed by atoms with Crippen LogP contribution in [0.15, 0.2) is 22.7 Å². The molecule has 1 rings (SSSR count). The van der Waals surface area contributed by atoms with Crippen molar-refractivity contribution in [3.63, 3.8) is 0 Å². The summed E-state index contributed by atoms with van der Waals surface area (Å²) in [6.45, 7) is 3.98. The second-order valence-corrected chi connectivity index (χ2v) is 4.28. The molecule has 84 valence electrons. The molecule has 0 fully saturated rings. The van der Waals surface area contributed by atoms with Crippen molar-refractivity contribution >= 4 is 21.8 Å². The van der Waals surface area contributed by atoms with Crippen LogP contribution < -0.4 is 5.32 Å². The van der Waals surface area contributed by atoms with Crippen molar-refractivity contribution in [3.05, 3.63) is 33.8 Å². The van der Waals surface area contributed by atoms with Gasteiger partial charge in [0.1, 0.15) is 0 Å². The van der Waals surface area contributed by atoms with E-state index in [1.165, 1.54) is 12.5 Å². The molecule has 0 aliphatic carbocycles. The molecule has 2 nitrogen and oxygen atoms in total. The van der Waals surface area contributed by atoms with Crippen molar-refractivity contribution < 1.29 is 4.79 Å². The Hall–Kier alpha value is -1.27. The molecule has 0 radical (unpaired) electrons. The first-order valence-corrected chi connectivity index (χ1v) is 5.94. The maximum absolute atomic E-state index is 10.6. The van der Waals surface area contributed by atoms with Crippen LogP contribution >= 0.6 is 15.9 Å². The molecule has 0 saturated heterocycles. The quantitative estimate of drug-likeness (QED) is 0.829. The number of hydrogen-bond donors (Lipinski definition) is 1. The Bertz CT molecular complexity index is 443. The zero-order chi connectivity index (χ0) is 12.0. The number of nitrogens with one attached hydrogen (secondary N) is 1. The van der Waals surface area contributed by atoms with Gasteiger partial charge in [0, 0.05) is 17.0 Å². The van der Waals surface area contributed by atoms with E-state index >= 15 is 0 Å². The molecule has 0 unspecified atom stereocenters. The smallest absolute Gasteiger partial charge is 0.217 e. The van der Waals surface area contributed by atoms with Gasteiger partial charge in [0.2, 0.25) is 5.91 Å². The van der Waals surface area contributed by atoms with Gasteiger partial charge in [0.15, 0.2) is 0 Å². The topological polar surface area (TPSA) is 29.1 Å². The van der Waals surface area contributed by atoms with Gasteiger partial charge in [-0.05, 0) is 30.2 Å². The lowest BCUT2D eigenvalue weighted by atomic mass is 10.1. The molecule has 0 saturated carbocycles. The third-order valence-corrected chi connectivity index (χ3v) is 2.59. The number of benzene rings is 1. The van der Waals surface area contributed by atoms with E-state index in [0.717, 1.165) is 16.5 Å². The Morgan fingerprint density at radius 3 is 2.88 bits per heavy atom. The minimum atomic E-state index is -0.0548. The summed E-state index contributed by atoms with van der Waals surface area (Å²) in [6, 6.07) is 6.04. The van der Waals surface area contributed by atoms with Crippen molar-refractivity contribution in [1.29, 1.82) is 0 Å². The number of carbonyl (C=O) groups excluding carboxylic acids is 1. The summed E-state index contributed by atoms with van der Waals surface area (Å²) in [5.74, 6) is 5.94. The highest BCUT2D eigenvalue weighted by Gasteiger charge is 1.98. The van der Waals surface area contributed by atoms with E-state index in [9.17, 15) is 4.79 Å². The molecule has 1 N–H and O–H groups in total. The third kappa shape index (κ3) is 4.08. The van der Waals surface area contributed by atoms with Crippen LogP contribution in [0.3, 0.4) is 0 Å². The lowest BCUT2D eigenvalue weighted by Gasteiger charge is -2.01. The fourth-order valence-electron chi connectivity index (χ4n) is 1.28. The van der Waals surface area contributed by atoms with Crippen LogP contribution in [0.4, 0.5) is 0 Å². The second-order valence-electron chi connectivity index (χ2n) is 3.37. The molecule has 0 spiro atoms. The molecule has 0 heterocycles. The van der Waals surface area contributed by atoms with Crippen LogP contribution in [-0.4, -0.2) is 12.5 Å². The summed E-state index contributed by atoms with van der Waals surface area (Å²) in [5.41, 5.74) is 2.24. The van der Waals surface area contributed by atoms with Gasteiger partial charge >= 0.3 is 0 Å². The molecule has 0 aliphatic rings. The predicted octanol–water partition coefficient (Wildman–Crippen LogP) is 2.50. The zero-order valence-corrected chi connectivity index (χ0v) is 11.0. The number of halogens is 1. The van der Waals surface area contributed by atoms with Crippen molar-refractivity contribution in [2.75, 3.05) is 6.54 Å². The summed E-state index contributed by atoms with van der Waals surface area (Å²) >= 11 is 3.43. The van der Waals surface area contributed by atoms with Gasteiger partial charge in [0.05, 0.1) is 6.54 Å². The van der Waals surface area contributed by atoms with E-state index < -0.39 is 0 Å². The lowest BCUT2D eigenvalue weighted by Crippen LogP contribution is -2.19. The van der Waals surface area contributed by atoms with Crippen molar-refractivity contribution in [3.8, 4) is 11.8 Å². The third-order valence-electron chi connectivity index (χ3n) is 2.10. The van der Waals surface area contributed by atoms with Gasteiger partial charge in [-0.1, -0.05) is 34.7 Å². The fourth-order valence-corrected chi connectivity index (χ4v) is 1.69. The lowest BCUT2D eigenvalue weighted by molar-refractivity contribution is -0.118. The van der Waals surface area contributed by atoms with Crippen LogP contribution in [0.25, 0.3) is 0 Å². The number of hydrogen-bond acceptors (Lipinski definition) is 1. The molecule has 1 amide bonds. The van der Waals surface area contributed by atoms with Crippen molar-refractivity contribution in [2.45, 2.75) is 20.3 Å². The Balaban J connectivity index is 2.76. The predicted molar refractivity (Wildman–Crippen MR) is 69.1 cm³/mol. The minimum Gasteiger partial charge on any atom is -0.345 e. The molecule has 0 aromatic heterocycles. The number of amides is 1. The average Bonchev–Trinajstić information content (AvgIpc) is 2.25. The molecule has 1 aromatic carbocycles. The van der Waals surface area contributed by atoms with Gasteiger partial charge in [0.25, 0.3) is 0 Å². The Morgan fingerprint density at radius 1 is 1.50 bits per heavy atom. The monoisotopic (exact) mass is 279 g/mol. The summed E-state index contributed by atoms with van der Waals surface area (Å²) in [6.07, 6.45) is 0.948. The fraction of sp³-hybridized carbons (Fsp3) is 0.308. The normalized spacial score (nSPS) is 9.19.